The number of benzene rings is 1. The molecule has 1 N–H and O–H groups in total. The van der Waals surface area contributed by atoms with E-state index in [1.165, 1.54) is 31.5 Å². The molecule has 3 rings (SSSR count). The van der Waals surface area contributed by atoms with Crippen molar-refractivity contribution in [2.45, 2.75) is 0 Å². The van der Waals surface area contributed by atoms with Crippen molar-refractivity contribution in [3.8, 4) is 5.75 Å². The minimum absolute atomic E-state index is 0.111. The van der Waals surface area contributed by atoms with E-state index in [2.05, 4.69) is 9.71 Å². The van der Waals surface area contributed by atoms with Crippen LogP contribution < -0.4 is 9.46 Å². The van der Waals surface area contributed by atoms with Gasteiger partial charge in [0.1, 0.15) is 5.75 Å². The number of aromatic nitrogens is 1. The maximum atomic E-state index is 12.9. The van der Waals surface area contributed by atoms with Gasteiger partial charge in [0.15, 0.2) is 0 Å². The van der Waals surface area contributed by atoms with Crippen LogP contribution in [0.3, 0.4) is 0 Å². The molecule has 1 aliphatic rings. The lowest BCUT2D eigenvalue weighted by atomic mass is 10.1. The van der Waals surface area contributed by atoms with E-state index in [1.54, 1.807) is 28.1 Å². The van der Waals surface area contributed by atoms with Gasteiger partial charge in [-0.1, -0.05) is 0 Å². The van der Waals surface area contributed by atoms with Crippen LogP contribution in [0.5, 0.6) is 5.75 Å². The molecule has 2 amide bonds. The van der Waals surface area contributed by atoms with E-state index >= 15 is 0 Å². The number of carbonyl (C=O) groups is 2. The van der Waals surface area contributed by atoms with Gasteiger partial charge in [0.25, 0.3) is 11.8 Å². The highest BCUT2D eigenvalue weighted by Gasteiger charge is 2.27. The number of anilines is 1. The third-order valence-electron chi connectivity index (χ3n) is 4.41. The quantitative estimate of drug-likeness (QED) is 0.708. The van der Waals surface area contributed by atoms with Gasteiger partial charge in [-0.3, -0.25) is 19.3 Å². The Balaban J connectivity index is 1.67. The van der Waals surface area contributed by atoms with Gasteiger partial charge in [-0.25, -0.2) is 8.42 Å². The van der Waals surface area contributed by atoms with E-state index in [0.717, 1.165) is 0 Å². The van der Waals surface area contributed by atoms with Gasteiger partial charge in [0.2, 0.25) is 10.9 Å². The highest BCUT2D eigenvalue weighted by Crippen LogP contribution is 2.25. The molecule has 28 heavy (non-hydrogen) atoms. The van der Waals surface area contributed by atoms with Crippen molar-refractivity contribution in [2.75, 3.05) is 38.0 Å². The molecule has 9 nitrogen and oxygen atoms in total. The van der Waals surface area contributed by atoms with Gasteiger partial charge < -0.3 is 14.5 Å². The molecule has 2 heterocycles. The molecule has 0 radical (unpaired) electrons. The molecule has 1 saturated heterocycles. The Morgan fingerprint density at radius 2 is 1.75 bits per heavy atom. The van der Waals surface area contributed by atoms with Crippen molar-refractivity contribution in [2.24, 2.45) is 0 Å². The SMILES string of the molecule is COc1cc(N[SH](=O)=O)ccc1C(=O)N1CCN(C(=O)c2cccnc2)CC1. The van der Waals surface area contributed by atoms with E-state index in [0.29, 0.717) is 43.0 Å². The van der Waals surface area contributed by atoms with Crippen molar-refractivity contribution in [1.82, 2.24) is 14.8 Å². The first-order valence-corrected chi connectivity index (χ1v) is 9.75. The molecular formula is C18H20N4O5S. The zero-order valence-electron chi connectivity index (χ0n) is 15.2. The molecule has 0 saturated carbocycles. The van der Waals surface area contributed by atoms with Crippen molar-refractivity contribution in [3.05, 3.63) is 53.9 Å². The fraction of sp³-hybridized carbons (Fsp3) is 0.278. The van der Waals surface area contributed by atoms with Crippen molar-refractivity contribution in [1.29, 1.82) is 0 Å². The second-order valence-electron chi connectivity index (χ2n) is 6.11. The number of nitrogens with one attached hydrogen (secondary N) is 1. The van der Waals surface area contributed by atoms with Crippen LogP contribution in [0.25, 0.3) is 0 Å². The van der Waals surface area contributed by atoms with E-state index in [1.807, 2.05) is 0 Å². The standard InChI is InChI=1S/C18H20N4O5S/c1-27-16-11-14(20-28(25)26)4-5-15(16)18(24)22-9-7-21(8-10-22)17(23)13-3-2-6-19-12-13/h2-6,11-12,28H,7-10H2,1H3,(H,20,25,26). The summed E-state index contributed by atoms with van der Waals surface area (Å²) in [5.74, 6) is -0.0657. The molecule has 1 aromatic carbocycles. The number of hydrogen-bond donors (Lipinski definition) is 2. The lowest BCUT2D eigenvalue weighted by Gasteiger charge is -2.35. The Bertz CT molecular complexity index is 932. The molecule has 10 heteroatoms. The zero-order valence-corrected chi connectivity index (χ0v) is 16.1. The number of methoxy groups -OCH3 is 1. The Morgan fingerprint density at radius 3 is 2.32 bits per heavy atom. The number of ether oxygens (including phenoxy) is 1. The molecular weight excluding hydrogens is 384 g/mol. The number of thiol groups is 1. The summed E-state index contributed by atoms with van der Waals surface area (Å²) in [6, 6.07) is 7.91. The fourth-order valence-electron chi connectivity index (χ4n) is 3.00. The van der Waals surface area contributed by atoms with Gasteiger partial charge in [0, 0.05) is 44.6 Å². The third kappa shape index (κ3) is 4.39. The van der Waals surface area contributed by atoms with Crippen LogP contribution in [-0.4, -0.2) is 68.3 Å². The molecule has 0 bridgehead atoms. The molecule has 148 valence electrons. The third-order valence-corrected chi connectivity index (χ3v) is 4.86. The summed E-state index contributed by atoms with van der Waals surface area (Å²) < 4.78 is 29.1. The number of hydrogen-bond acceptors (Lipinski definition) is 6. The van der Waals surface area contributed by atoms with E-state index < -0.39 is 10.9 Å². The Hall–Kier alpha value is -3.14. The van der Waals surface area contributed by atoms with Gasteiger partial charge in [-0.2, -0.15) is 0 Å². The maximum Gasteiger partial charge on any atom is 0.257 e. The van der Waals surface area contributed by atoms with Gasteiger partial charge in [-0.05, 0) is 24.3 Å². The average molecular weight is 404 g/mol. The van der Waals surface area contributed by atoms with Crippen LogP contribution >= 0.6 is 0 Å². The first kappa shape index (κ1) is 19.6. The van der Waals surface area contributed by atoms with Crippen LogP contribution in [0, 0.1) is 0 Å². The lowest BCUT2D eigenvalue weighted by Crippen LogP contribution is -2.50. The first-order valence-electron chi connectivity index (χ1n) is 8.57. The Morgan fingerprint density at radius 1 is 1.07 bits per heavy atom. The second kappa shape index (κ2) is 8.70. The molecule has 0 atom stereocenters. The van der Waals surface area contributed by atoms with Crippen molar-refractivity contribution >= 4 is 28.4 Å². The Kier molecular flexibility index (Phi) is 6.09. The summed E-state index contributed by atoms with van der Waals surface area (Å²) in [5.41, 5.74) is 1.17. The lowest BCUT2D eigenvalue weighted by molar-refractivity contribution is 0.0533. The molecule has 0 unspecified atom stereocenters. The summed E-state index contributed by atoms with van der Waals surface area (Å²) in [5, 5.41) is 0. The summed E-state index contributed by atoms with van der Waals surface area (Å²) in [6.45, 7) is 1.61. The van der Waals surface area contributed by atoms with E-state index in [4.69, 9.17) is 4.74 Å². The van der Waals surface area contributed by atoms with Crippen LogP contribution in [0.4, 0.5) is 5.69 Å². The predicted molar refractivity (Wildman–Crippen MR) is 103 cm³/mol. The van der Waals surface area contributed by atoms with Crippen LogP contribution in [0.15, 0.2) is 42.7 Å². The molecule has 1 aromatic heterocycles. The van der Waals surface area contributed by atoms with Gasteiger partial charge >= 0.3 is 0 Å². The van der Waals surface area contributed by atoms with Crippen molar-refractivity contribution < 1.29 is 22.7 Å². The highest BCUT2D eigenvalue weighted by atomic mass is 32.2. The van der Waals surface area contributed by atoms with E-state index in [-0.39, 0.29) is 17.6 Å². The second-order valence-corrected chi connectivity index (χ2v) is 6.85. The molecule has 0 spiro atoms. The fourth-order valence-corrected chi connectivity index (χ4v) is 3.35. The molecule has 2 aromatic rings. The minimum Gasteiger partial charge on any atom is -0.496 e. The van der Waals surface area contributed by atoms with E-state index in [9.17, 15) is 18.0 Å². The first-order chi connectivity index (χ1) is 13.5. The topological polar surface area (TPSA) is 109 Å². The van der Waals surface area contributed by atoms with Gasteiger partial charge in [-0.15, -0.1) is 0 Å². The summed E-state index contributed by atoms with van der Waals surface area (Å²) >= 11 is 0. The summed E-state index contributed by atoms with van der Waals surface area (Å²) in [6.07, 6.45) is 3.13. The number of nitrogens with zero attached hydrogens (tertiary/aromatic N) is 3. The number of rotatable bonds is 5. The van der Waals surface area contributed by atoms with Crippen LogP contribution in [0.2, 0.25) is 0 Å². The van der Waals surface area contributed by atoms with Crippen LogP contribution in [0.1, 0.15) is 20.7 Å². The van der Waals surface area contributed by atoms with Crippen molar-refractivity contribution in [3.63, 3.8) is 0 Å². The monoisotopic (exact) mass is 404 g/mol. The Labute approximate surface area is 164 Å². The minimum atomic E-state index is -2.80. The summed E-state index contributed by atoms with van der Waals surface area (Å²) in [4.78, 5) is 32.6. The molecule has 1 aliphatic heterocycles. The predicted octanol–water partition coefficient (Wildman–Crippen LogP) is 0.627. The highest BCUT2D eigenvalue weighted by molar-refractivity contribution is 7.73. The number of amides is 2. The van der Waals surface area contributed by atoms with Crippen LogP contribution in [-0.2, 0) is 10.9 Å². The largest absolute Gasteiger partial charge is 0.496 e. The smallest absolute Gasteiger partial charge is 0.257 e. The van der Waals surface area contributed by atoms with Gasteiger partial charge in [0.05, 0.1) is 23.9 Å². The molecule has 1 fully saturated rings. The molecule has 0 aliphatic carbocycles. The summed E-state index contributed by atoms with van der Waals surface area (Å²) in [7, 11) is -1.39. The average Bonchev–Trinajstić information content (AvgIpc) is 2.73. The normalized spacial score (nSPS) is 14.1. The number of pyridine rings is 1. The number of carbonyl (C=O) groups excluding carboxylic acids is 2. The maximum absolute atomic E-state index is 12.9. The zero-order chi connectivity index (χ0) is 20.1. The number of piperazine rings is 1.